The molecule has 89 heavy (non-hydrogen) atoms. The maximum absolute atomic E-state index is 12.9. The van der Waals surface area contributed by atoms with E-state index in [2.05, 4.69) is 74.6 Å². The lowest BCUT2D eigenvalue weighted by Gasteiger charge is -2.25. The second-order valence-corrected chi connectivity index (χ2v) is 27.3. The number of carboxylic acids is 1. The fourth-order valence-electron chi connectivity index (χ4n) is 11.4. The molecule has 0 saturated heterocycles. The Morgan fingerprint density at radius 2 is 0.640 bits per heavy atom. The molecule has 0 fully saturated rings. The molecule has 9 heteroatoms. The van der Waals surface area contributed by atoms with Crippen LogP contribution < -0.4 is 0 Å². The van der Waals surface area contributed by atoms with E-state index in [4.69, 9.17) is 18.9 Å². The summed E-state index contributed by atoms with van der Waals surface area (Å²) in [7, 11) is 5.99. The number of ether oxygens (including phenoxy) is 4. The lowest BCUT2D eigenvalue weighted by atomic mass is 10.0. The molecule has 520 valence electrons. The van der Waals surface area contributed by atoms with Gasteiger partial charge in [0, 0.05) is 12.8 Å². The quantitative estimate of drug-likeness (QED) is 0.0211. The SMILES string of the molecule is CC/C=C\C/C=C\C/C=C\C/C=C\CCCCCCCCCCCCC(=O)OC(COC(=O)CCCCCCCCCCCCCCCCCCCCCCCCCCCCCCC/C=C\CCCCCCCCCC)COC(OCC[N+](C)(C)C)C(=O)O. The highest BCUT2D eigenvalue weighted by Gasteiger charge is 2.25. The maximum atomic E-state index is 12.9. The predicted octanol–water partition coefficient (Wildman–Crippen LogP) is 24.3. The van der Waals surface area contributed by atoms with E-state index in [0.717, 1.165) is 70.6 Å². The van der Waals surface area contributed by atoms with Crippen molar-refractivity contribution in [2.45, 2.75) is 386 Å². The minimum atomic E-state index is -1.51. The number of hydrogen-bond acceptors (Lipinski definition) is 7. The van der Waals surface area contributed by atoms with Crippen molar-refractivity contribution in [1.82, 2.24) is 0 Å². The van der Waals surface area contributed by atoms with Crippen molar-refractivity contribution in [2.24, 2.45) is 0 Å². The monoisotopic (exact) mass is 1250 g/mol. The summed E-state index contributed by atoms with van der Waals surface area (Å²) in [6, 6.07) is 0. The molecule has 2 unspecified atom stereocenters. The molecule has 1 N–H and O–H groups in total. The summed E-state index contributed by atoms with van der Waals surface area (Å²) in [5.41, 5.74) is 0. The number of rotatable bonds is 72. The lowest BCUT2D eigenvalue weighted by Crippen LogP contribution is -2.40. The van der Waals surface area contributed by atoms with Crippen LogP contribution in [-0.2, 0) is 33.3 Å². The van der Waals surface area contributed by atoms with Gasteiger partial charge < -0.3 is 28.5 Å². The number of aliphatic carboxylic acids is 1. The van der Waals surface area contributed by atoms with Crippen molar-refractivity contribution >= 4 is 17.9 Å². The van der Waals surface area contributed by atoms with Crippen LogP contribution in [0.4, 0.5) is 0 Å². The van der Waals surface area contributed by atoms with Crippen LogP contribution in [0.5, 0.6) is 0 Å². The summed E-state index contributed by atoms with van der Waals surface area (Å²) in [6.45, 7) is 4.81. The van der Waals surface area contributed by atoms with Crippen molar-refractivity contribution in [3.8, 4) is 0 Å². The largest absolute Gasteiger partial charge is 0.477 e. The molecular formula is C80H148NO8+. The Balaban J connectivity index is 3.93. The molecule has 0 rings (SSSR count). The van der Waals surface area contributed by atoms with Gasteiger partial charge in [0.1, 0.15) is 13.2 Å². The second kappa shape index (κ2) is 70.9. The van der Waals surface area contributed by atoms with Gasteiger partial charge in [0.2, 0.25) is 0 Å². The van der Waals surface area contributed by atoms with Crippen LogP contribution in [0.25, 0.3) is 0 Å². The molecule has 2 atom stereocenters. The Bertz CT molecular complexity index is 1650. The van der Waals surface area contributed by atoms with Crippen LogP contribution in [0.3, 0.4) is 0 Å². The third kappa shape index (κ3) is 72.3. The molecule has 0 aliphatic heterocycles. The van der Waals surface area contributed by atoms with Crippen molar-refractivity contribution in [3.63, 3.8) is 0 Å². The molecule has 0 bridgehead atoms. The van der Waals surface area contributed by atoms with E-state index in [1.165, 1.54) is 270 Å². The third-order valence-electron chi connectivity index (χ3n) is 17.3. The van der Waals surface area contributed by atoms with E-state index in [0.29, 0.717) is 23.9 Å². The number of quaternary nitrogens is 1. The number of unbranched alkanes of at least 4 members (excludes halogenated alkanes) is 47. The maximum Gasteiger partial charge on any atom is 0.361 e. The molecule has 9 nitrogen and oxygen atoms in total. The highest BCUT2D eigenvalue weighted by molar-refractivity contribution is 5.71. The minimum Gasteiger partial charge on any atom is -0.477 e. The number of allylic oxidation sites excluding steroid dienone is 10. The van der Waals surface area contributed by atoms with Crippen LogP contribution in [0.1, 0.15) is 373 Å². The minimum absolute atomic E-state index is 0.181. The molecule has 0 spiro atoms. The molecule has 0 amide bonds. The van der Waals surface area contributed by atoms with Crippen molar-refractivity contribution in [3.05, 3.63) is 60.8 Å². The van der Waals surface area contributed by atoms with Gasteiger partial charge >= 0.3 is 17.9 Å². The van der Waals surface area contributed by atoms with Gasteiger partial charge in [0.15, 0.2) is 6.10 Å². The second-order valence-electron chi connectivity index (χ2n) is 27.3. The molecule has 0 heterocycles. The number of carbonyl (C=O) groups is 3. The number of likely N-dealkylation sites (N-methyl/N-ethyl adjacent to an activating group) is 1. The van der Waals surface area contributed by atoms with E-state index < -0.39 is 24.3 Å². The fraction of sp³-hybridized carbons (Fsp3) is 0.838. The smallest absolute Gasteiger partial charge is 0.361 e. The van der Waals surface area contributed by atoms with Gasteiger partial charge in [-0.15, -0.1) is 0 Å². The summed E-state index contributed by atoms with van der Waals surface area (Å²) in [5.74, 6) is -1.99. The normalized spacial score (nSPS) is 13.0. The Labute approximate surface area is 552 Å². The number of hydrogen-bond donors (Lipinski definition) is 1. The van der Waals surface area contributed by atoms with Crippen molar-refractivity contribution in [1.29, 1.82) is 0 Å². The van der Waals surface area contributed by atoms with E-state index >= 15 is 0 Å². The van der Waals surface area contributed by atoms with E-state index in [1.54, 1.807) is 0 Å². The molecule has 0 aromatic heterocycles. The highest BCUT2D eigenvalue weighted by atomic mass is 16.7. The first-order valence-electron chi connectivity index (χ1n) is 38.5. The lowest BCUT2D eigenvalue weighted by molar-refractivity contribution is -0.870. The van der Waals surface area contributed by atoms with Gasteiger partial charge in [-0.2, -0.15) is 0 Å². The van der Waals surface area contributed by atoms with Crippen LogP contribution >= 0.6 is 0 Å². The van der Waals surface area contributed by atoms with Crippen LogP contribution in [-0.4, -0.2) is 87.4 Å². The first-order valence-corrected chi connectivity index (χ1v) is 38.5. The topological polar surface area (TPSA) is 108 Å². The molecule has 0 radical (unpaired) electrons. The fourth-order valence-corrected chi connectivity index (χ4v) is 11.4. The van der Waals surface area contributed by atoms with Crippen molar-refractivity contribution < 1.29 is 42.9 Å². The molecule has 0 saturated carbocycles. The van der Waals surface area contributed by atoms with Crippen LogP contribution in [0.15, 0.2) is 60.8 Å². The van der Waals surface area contributed by atoms with Gasteiger partial charge in [-0.3, -0.25) is 9.59 Å². The van der Waals surface area contributed by atoms with Crippen molar-refractivity contribution in [2.75, 3.05) is 47.5 Å². The molecule has 0 aromatic carbocycles. The zero-order valence-corrected chi connectivity index (χ0v) is 59.6. The summed E-state index contributed by atoms with van der Waals surface area (Å²) in [5, 5.41) is 9.75. The standard InChI is InChI=1S/C80H147NO8/c1-6-8-10-12-14-16-18-20-22-24-26-28-30-31-32-33-34-35-36-37-38-39-40-41-42-43-44-45-46-47-49-50-52-54-56-58-60-62-64-66-68-70-77(82)87-74-76(75-88-80(79(84)85)86-73-72-81(3,4)5)89-78(83)71-69-67-65-63-61-59-57-55-53-51-48-29-27-25-23-21-19-17-15-13-11-9-7-2/h9,11,15,17,21,23-24,26-27,29,76,80H,6-8,10,12-14,16,18-20,22,25,28,30-75H2,1-5H3/p+1/b11-9-,17-15-,23-21-,26-24-,29-27-. The number of carboxylic acid groups (broad SMARTS) is 1. The predicted molar refractivity (Wildman–Crippen MR) is 383 cm³/mol. The summed E-state index contributed by atoms with van der Waals surface area (Å²) in [4.78, 5) is 37.6. The Hall–Kier alpha value is -3.01. The molecule has 0 aliphatic rings. The average molecular weight is 1250 g/mol. The zero-order valence-electron chi connectivity index (χ0n) is 59.6. The Morgan fingerprint density at radius 3 is 0.966 bits per heavy atom. The average Bonchev–Trinajstić information content (AvgIpc) is 3.64. The number of esters is 2. The number of nitrogens with zero attached hydrogens (tertiary/aromatic N) is 1. The first kappa shape index (κ1) is 86.0. The van der Waals surface area contributed by atoms with Gasteiger partial charge in [0.05, 0.1) is 34.4 Å². The van der Waals surface area contributed by atoms with Gasteiger partial charge in [0.25, 0.3) is 6.29 Å². The first-order chi connectivity index (χ1) is 43.6. The van der Waals surface area contributed by atoms with Crippen LogP contribution in [0, 0.1) is 0 Å². The van der Waals surface area contributed by atoms with E-state index in [9.17, 15) is 19.5 Å². The van der Waals surface area contributed by atoms with Gasteiger partial charge in [-0.1, -0.05) is 344 Å². The van der Waals surface area contributed by atoms with E-state index in [1.807, 2.05) is 21.1 Å². The molecule has 0 aromatic rings. The van der Waals surface area contributed by atoms with Gasteiger partial charge in [-0.25, -0.2) is 4.79 Å². The third-order valence-corrected chi connectivity index (χ3v) is 17.3. The van der Waals surface area contributed by atoms with Gasteiger partial charge in [-0.05, 0) is 77.0 Å². The Kier molecular flexibility index (Phi) is 68.5. The summed E-state index contributed by atoms with van der Waals surface area (Å²) in [6.07, 6.45) is 91.0. The number of carbonyl (C=O) groups excluding carboxylic acids is 2. The molecule has 0 aliphatic carbocycles. The summed E-state index contributed by atoms with van der Waals surface area (Å²) >= 11 is 0. The van der Waals surface area contributed by atoms with E-state index in [-0.39, 0.29) is 32.2 Å². The Morgan fingerprint density at radius 1 is 0.348 bits per heavy atom. The molecular weight excluding hydrogens is 1100 g/mol. The summed E-state index contributed by atoms with van der Waals surface area (Å²) < 4.78 is 23.0. The van der Waals surface area contributed by atoms with Crippen LogP contribution in [0.2, 0.25) is 0 Å². The zero-order chi connectivity index (χ0) is 64.7. The highest BCUT2D eigenvalue weighted by Crippen LogP contribution is 2.19.